The van der Waals surface area contributed by atoms with Crippen LogP contribution in [0, 0.1) is 16.0 Å². The number of benzene rings is 1. The smallest absolute Gasteiger partial charge is 0.282 e. The van der Waals surface area contributed by atoms with E-state index >= 15 is 0 Å². The second-order valence-electron chi connectivity index (χ2n) is 5.23. The first kappa shape index (κ1) is 14.8. The number of carbonyl (C=O) groups excluding carboxylic acids is 1. The lowest BCUT2D eigenvalue weighted by Gasteiger charge is -2.20. The summed E-state index contributed by atoms with van der Waals surface area (Å²) < 4.78 is 0. The highest BCUT2D eigenvalue weighted by atomic mass is 35.5. The van der Waals surface area contributed by atoms with E-state index in [2.05, 4.69) is 5.32 Å². The molecule has 1 N–H and O–H groups in total. The maximum absolute atomic E-state index is 12.2. The number of hydrogen-bond donors (Lipinski definition) is 1. The van der Waals surface area contributed by atoms with Crippen molar-refractivity contribution in [3.8, 4) is 0 Å². The third kappa shape index (κ3) is 3.28. The minimum absolute atomic E-state index is 0.0172. The van der Waals surface area contributed by atoms with Crippen molar-refractivity contribution in [2.75, 3.05) is 0 Å². The average molecular weight is 297 g/mol. The summed E-state index contributed by atoms with van der Waals surface area (Å²) in [5.41, 5.74) is -0.196. The van der Waals surface area contributed by atoms with Crippen molar-refractivity contribution in [3.63, 3.8) is 0 Å². The molecule has 1 aliphatic rings. The molecule has 5 nitrogen and oxygen atoms in total. The van der Waals surface area contributed by atoms with Gasteiger partial charge in [-0.05, 0) is 37.8 Å². The molecule has 0 spiro atoms. The molecule has 0 saturated heterocycles. The summed E-state index contributed by atoms with van der Waals surface area (Å²) in [6, 6.07) is 4.04. The Labute approximate surface area is 122 Å². The monoisotopic (exact) mass is 296 g/mol. The van der Waals surface area contributed by atoms with Gasteiger partial charge in [-0.25, -0.2) is 0 Å². The summed E-state index contributed by atoms with van der Waals surface area (Å²) >= 11 is 5.83. The molecule has 0 bridgehead atoms. The first-order valence-corrected chi connectivity index (χ1v) is 7.11. The van der Waals surface area contributed by atoms with Gasteiger partial charge in [-0.2, -0.15) is 0 Å². The highest BCUT2D eigenvalue weighted by Gasteiger charge is 2.26. The lowest BCUT2D eigenvalue weighted by Crippen LogP contribution is -2.37. The van der Waals surface area contributed by atoms with Crippen LogP contribution in [0.2, 0.25) is 5.02 Å². The van der Waals surface area contributed by atoms with Crippen LogP contribution < -0.4 is 5.32 Å². The van der Waals surface area contributed by atoms with E-state index in [0.717, 1.165) is 12.8 Å². The van der Waals surface area contributed by atoms with Crippen LogP contribution in [-0.2, 0) is 0 Å². The van der Waals surface area contributed by atoms with E-state index in [9.17, 15) is 14.9 Å². The normalized spacial score (nSPS) is 16.9. The fourth-order valence-electron chi connectivity index (χ4n) is 2.71. The molecule has 1 aromatic rings. The third-order valence-corrected chi connectivity index (χ3v) is 4.10. The number of nitro benzene ring substituents is 1. The fourth-order valence-corrected chi connectivity index (χ4v) is 2.88. The van der Waals surface area contributed by atoms with E-state index in [4.69, 9.17) is 11.6 Å². The summed E-state index contributed by atoms with van der Waals surface area (Å²) in [7, 11) is 0. The second-order valence-corrected chi connectivity index (χ2v) is 5.66. The number of nitrogens with one attached hydrogen (secondary N) is 1. The van der Waals surface area contributed by atoms with Gasteiger partial charge in [0.2, 0.25) is 0 Å². The average Bonchev–Trinajstić information content (AvgIpc) is 2.92. The highest BCUT2D eigenvalue weighted by molar-refractivity contribution is 6.31. The summed E-state index contributed by atoms with van der Waals surface area (Å²) in [5, 5.41) is 14.1. The quantitative estimate of drug-likeness (QED) is 0.682. The third-order valence-electron chi connectivity index (χ3n) is 3.87. The van der Waals surface area contributed by atoms with E-state index < -0.39 is 10.8 Å². The number of nitro groups is 1. The molecule has 0 aliphatic heterocycles. The molecular weight excluding hydrogens is 280 g/mol. The molecule has 0 aromatic heterocycles. The zero-order chi connectivity index (χ0) is 14.7. The minimum atomic E-state index is -0.564. The number of nitrogens with zero attached hydrogens (tertiary/aromatic N) is 1. The molecule has 108 valence electrons. The molecule has 1 fully saturated rings. The van der Waals surface area contributed by atoms with Crippen LogP contribution in [0.1, 0.15) is 43.0 Å². The van der Waals surface area contributed by atoms with Gasteiger partial charge in [0.05, 0.1) is 4.92 Å². The lowest BCUT2D eigenvalue weighted by atomic mass is 9.99. The lowest BCUT2D eigenvalue weighted by molar-refractivity contribution is -0.385. The van der Waals surface area contributed by atoms with E-state index in [0.29, 0.717) is 10.9 Å². The van der Waals surface area contributed by atoms with Crippen molar-refractivity contribution in [3.05, 3.63) is 38.9 Å². The molecule has 1 unspecified atom stereocenters. The SMILES string of the molecule is CC(NC(=O)c1cc(Cl)ccc1[N+](=O)[O-])C1CCCC1. The Balaban J connectivity index is 2.15. The van der Waals surface area contributed by atoms with Crippen molar-refractivity contribution in [2.24, 2.45) is 5.92 Å². The van der Waals surface area contributed by atoms with Gasteiger partial charge in [0.15, 0.2) is 0 Å². The van der Waals surface area contributed by atoms with Crippen molar-refractivity contribution in [2.45, 2.75) is 38.6 Å². The Bertz CT molecular complexity index is 527. The van der Waals surface area contributed by atoms with Crippen molar-refractivity contribution >= 4 is 23.2 Å². The zero-order valence-electron chi connectivity index (χ0n) is 11.3. The summed E-state index contributed by atoms with van der Waals surface area (Å²) in [5.74, 6) is 0.0239. The molecule has 6 heteroatoms. The van der Waals surface area contributed by atoms with Gasteiger partial charge in [-0.1, -0.05) is 24.4 Å². The molecule has 1 amide bonds. The van der Waals surface area contributed by atoms with E-state index in [1.807, 2.05) is 6.92 Å². The minimum Gasteiger partial charge on any atom is -0.349 e. The zero-order valence-corrected chi connectivity index (χ0v) is 12.0. The van der Waals surface area contributed by atoms with Gasteiger partial charge in [-0.15, -0.1) is 0 Å². The van der Waals surface area contributed by atoms with Crippen LogP contribution in [0.3, 0.4) is 0 Å². The Morgan fingerprint density at radius 2 is 2.10 bits per heavy atom. The van der Waals surface area contributed by atoms with Crippen LogP contribution >= 0.6 is 11.6 Å². The first-order chi connectivity index (χ1) is 9.49. The van der Waals surface area contributed by atoms with Crippen LogP contribution in [0.15, 0.2) is 18.2 Å². The van der Waals surface area contributed by atoms with Gasteiger partial charge < -0.3 is 5.32 Å². The van der Waals surface area contributed by atoms with Gasteiger partial charge in [-0.3, -0.25) is 14.9 Å². The van der Waals surface area contributed by atoms with Crippen LogP contribution in [0.4, 0.5) is 5.69 Å². The van der Waals surface area contributed by atoms with Gasteiger partial charge in [0, 0.05) is 17.1 Å². The standard InChI is InChI=1S/C14H17ClN2O3/c1-9(10-4-2-3-5-10)16-14(18)12-8-11(15)6-7-13(12)17(19)20/h6-10H,2-5H2,1H3,(H,16,18). The van der Waals surface area contributed by atoms with Crippen LogP contribution in [0.5, 0.6) is 0 Å². The number of rotatable bonds is 4. The Morgan fingerprint density at radius 3 is 2.70 bits per heavy atom. The molecule has 1 saturated carbocycles. The van der Waals surface area contributed by atoms with E-state index in [-0.39, 0.29) is 17.3 Å². The maximum atomic E-state index is 12.2. The molecular formula is C14H17ClN2O3. The van der Waals surface area contributed by atoms with Gasteiger partial charge in [0.25, 0.3) is 11.6 Å². The Hall–Kier alpha value is -1.62. The van der Waals surface area contributed by atoms with Gasteiger partial charge >= 0.3 is 0 Å². The number of halogens is 1. The van der Waals surface area contributed by atoms with E-state index in [1.54, 1.807) is 0 Å². The van der Waals surface area contributed by atoms with Crippen molar-refractivity contribution < 1.29 is 9.72 Å². The van der Waals surface area contributed by atoms with E-state index in [1.165, 1.54) is 31.0 Å². The van der Waals surface area contributed by atoms with Gasteiger partial charge in [0.1, 0.15) is 5.56 Å². The number of carbonyl (C=O) groups is 1. The molecule has 1 aliphatic carbocycles. The number of hydrogen-bond acceptors (Lipinski definition) is 3. The first-order valence-electron chi connectivity index (χ1n) is 6.74. The molecule has 0 heterocycles. The van der Waals surface area contributed by atoms with Crippen LogP contribution in [0.25, 0.3) is 0 Å². The predicted molar refractivity (Wildman–Crippen MR) is 77.0 cm³/mol. The highest BCUT2D eigenvalue weighted by Crippen LogP contribution is 2.28. The molecule has 0 radical (unpaired) electrons. The predicted octanol–water partition coefficient (Wildman–Crippen LogP) is 3.56. The summed E-state index contributed by atoms with van der Waals surface area (Å²) in [6.07, 6.45) is 4.56. The topological polar surface area (TPSA) is 72.2 Å². The van der Waals surface area contributed by atoms with Crippen molar-refractivity contribution in [1.29, 1.82) is 0 Å². The van der Waals surface area contributed by atoms with Crippen molar-refractivity contribution in [1.82, 2.24) is 5.32 Å². The second kappa shape index (κ2) is 6.22. The van der Waals surface area contributed by atoms with Crippen LogP contribution in [-0.4, -0.2) is 16.9 Å². The molecule has 1 aromatic carbocycles. The summed E-state index contributed by atoms with van der Waals surface area (Å²) in [6.45, 7) is 1.95. The fraction of sp³-hybridized carbons (Fsp3) is 0.500. The molecule has 2 rings (SSSR count). The largest absolute Gasteiger partial charge is 0.349 e. The molecule has 1 atom stereocenters. The number of amides is 1. The Morgan fingerprint density at radius 1 is 1.45 bits per heavy atom. The Kier molecular flexibility index (Phi) is 4.60. The molecule has 20 heavy (non-hydrogen) atoms. The maximum Gasteiger partial charge on any atom is 0.282 e. The summed E-state index contributed by atoms with van der Waals surface area (Å²) in [4.78, 5) is 22.6.